The molecule has 1 unspecified atom stereocenters. The number of unbranched alkanes of at least 4 members (excludes halogenated alkanes) is 1. The van der Waals surface area contributed by atoms with Crippen LogP contribution in [0.5, 0.6) is 0 Å². The van der Waals surface area contributed by atoms with Crippen molar-refractivity contribution in [3.8, 4) is 0 Å². The van der Waals surface area contributed by atoms with E-state index in [0.29, 0.717) is 0 Å². The fraction of sp³-hybridized carbons (Fsp3) is 1.00. The van der Waals surface area contributed by atoms with Gasteiger partial charge in [-0.15, -0.1) is 0 Å². The number of nitrogens with one attached hydrogen (secondary N) is 1. The van der Waals surface area contributed by atoms with E-state index in [1.54, 1.807) is 0 Å². The van der Waals surface area contributed by atoms with Gasteiger partial charge in [0.1, 0.15) is 0 Å². The van der Waals surface area contributed by atoms with Crippen molar-refractivity contribution in [1.82, 2.24) is 5.73 Å². The van der Waals surface area contributed by atoms with E-state index < -0.39 is 0 Å². The van der Waals surface area contributed by atoms with Crippen LogP contribution in [0.1, 0.15) is 45.4 Å². The second-order valence-electron chi connectivity index (χ2n) is 3.63. The molecule has 0 heterocycles. The standard InChI is InChI=1S/C9H18N/c1-8(10)4-2-3-5-9-6-7-9/h8-10H,2-7H2,1H3. The molecule has 1 heteroatoms. The predicted octanol–water partition coefficient (Wildman–Crippen LogP) is 2.63. The summed E-state index contributed by atoms with van der Waals surface area (Å²) in [6.45, 7) is 1.98. The van der Waals surface area contributed by atoms with Crippen LogP contribution in [-0.4, -0.2) is 6.04 Å². The molecule has 1 N–H and O–H groups in total. The van der Waals surface area contributed by atoms with Crippen molar-refractivity contribution in [3.05, 3.63) is 0 Å². The van der Waals surface area contributed by atoms with Gasteiger partial charge < -0.3 is 0 Å². The van der Waals surface area contributed by atoms with Gasteiger partial charge in [-0.2, -0.15) is 0 Å². The maximum atomic E-state index is 7.28. The molecule has 0 aromatic rings. The van der Waals surface area contributed by atoms with Crippen molar-refractivity contribution in [3.63, 3.8) is 0 Å². The Bertz CT molecular complexity index is 80.7. The largest absolute Gasteiger partial charge is 0.255 e. The van der Waals surface area contributed by atoms with Gasteiger partial charge in [0.05, 0.1) is 0 Å². The SMILES string of the molecule is CC([NH])CCCCC1CC1. The van der Waals surface area contributed by atoms with Gasteiger partial charge in [0.2, 0.25) is 0 Å². The van der Waals surface area contributed by atoms with Gasteiger partial charge in [-0.3, -0.25) is 5.73 Å². The van der Waals surface area contributed by atoms with Crippen LogP contribution in [0.4, 0.5) is 0 Å². The van der Waals surface area contributed by atoms with E-state index in [9.17, 15) is 0 Å². The van der Waals surface area contributed by atoms with Crippen molar-refractivity contribution in [1.29, 1.82) is 0 Å². The van der Waals surface area contributed by atoms with Crippen LogP contribution in [0.3, 0.4) is 0 Å². The molecule has 1 saturated carbocycles. The summed E-state index contributed by atoms with van der Waals surface area (Å²) in [7, 11) is 0. The van der Waals surface area contributed by atoms with Crippen molar-refractivity contribution in [2.45, 2.75) is 51.5 Å². The Labute approximate surface area is 64.0 Å². The van der Waals surface area contributed by atoms with Gasteiger partial charge >= 0.3 is 0 Å². The minimum Gasteiger partial charge on any atom is -0.255 e. The molecule has 0 aromatic heterocycles. The molecule has 0 amide bonds. The van der Waals surface area contributed by atoms with E-state index in [4.69, 9.17) is 5.73 Å². The van der Waals surface area contributed by atoms with Crippen LogP contribution < -0.4 is 5.73 Å². The summed E-state index contributed by atoms with van der Waals surface area (Å²) in [4.78, 5) is 0. The normalized spacial score (nSPS) is 21.0. The molecule has 1 nitrogen and oxygen atoms in total. The summed E-state index contributed by atoms with van der Waals surface area (Å²) < 4.78 is 0. The average Bonchev–Trinajstić information content (AvgIpc) is 2.62. The lowest BCUT2D eigenvalue weighted by Crippen LogP contribution is -2.01. The van der Waals surface area contributed by atoms with Gasteiger partial charge in [0.15, 0.2) is 0 Å². The smallest absolute Gasteiger partial charge is 0.0184 e. The first-order valence-electron chi connectivity index (χ1n) is 4.50. The van der Waals surface area contributed by atoms with E-state index in [0.717, 1.165) is 12.3 Å². The summed E-state index contributed by atoms with van der Waals surface area (Å²) in [6, 6.07) is 0.166. The number of hydrogen-bond donors (Lipinski definition) is 0. The molecule has 0 aliphatic heterocycles. The molecule has 0 saturated heterocycles. The second-order valence-corrected chi connectivity index (χ2v) is 3.63. The Kier molecular flexibility index (Phi) is 3.20. The van der Waals surface area contributed by atoms with Crippen LogP contribution in [0.15, 0.2) is 0 Å². The molecule has 0 bridgehead atoms. The van der Waals surface area contributed by atoms with Gasteiger partial charge in [-0.25, -0.2) is 0 Å². The lowest BCUT2D eigenvalue weighted by molar-refractivity contribution is 0.551. The number of rotatable bonds is 5. The van der Waals surface area contributed by atoms with Crippen LogP contribution in [-0.2, 0) is 0 Å². The molecule has 10 heavy (non-hydrogen) atoms. The molecule has 1 aliphatic carbocycles. The topological polar surface area (TPSA) is 23.8 Å². The van der Waals surface area contributed by atoms with Crippen molar-refractivity contribution in [2.75, 3.05) is 0 Å². The Morgan fingerprint density at radius 3 is 2.60 bits per heavy atom. The summed E-state index contributed by atoms with van der Waals surface area (Å²) in [6.07, 6.45) is 8.15. The zero-order chi connectivity index (χ0) is 7.40. The molecule has 1 fully saturated rings. The van der Waals surface area contributed by atoms with Crippen LogP contribution in [0, 0.1) is 5.92 Å². The van der Waals surface area contributed by atoms with E-state index in [1.165, 1.54) is 32.1 Å². The summed E-state index contributed by atoms with van der Waals surface area (Å²) in [5.74, 6) is 1.08. The summed E-state index contributed by atoms with van der Waals surface area (Å²) in [5.41, 5.74) is 7.28. The molecule has 0 spiro atoms. The van der Waals surface area contributed by atoms with Crippen molar-refractivity contribution >= 4 is 0 Å². The van der Waals surface area contributed by atoms with Crippen LogP contribution in [0.2, 0.25) is 0 Å². The lowest BCUT2D eigenvalue weighted by Gasteiger charge is -2.01. The summed E-state index contributed by atoms with van der Waals surface area (Å²) in [5, 5.41) is 0. The van der Waals surface area contributed by atoms with Crippen LogP contribution in [0.25, 0.3) is 0 Å². The van der Waals surface area contributed by atoms with Gasteiger partial charge in [0.25, 0.3) is 0 Å². The first kappa shape index (κ1) is 8.06. The predicted molar refractivity (Wildman–Crippen MR) is 43.8 cm³/mol. The average molecular weight is 140 g/mol. The van der Waals surface area contributed by atoms with Crippen LogP contribution >= 0.6 is 0 Å². The lowest BCUT2D eigenvalue weighted by atomic mass is 10.1. The summed E-state index contributed by atoms with van der Waals surface area (Å²) >= 11 is 0. The molecule has 1 radical (unpaired) electrons. The zero-order valence-electron chi connectivity index (χ0n) is 6.90. The first-order valence-corrected chi connectivity index (χ1v) is 4.50. The molecule has 1 atom stereocenters. The quantitative estimate of drug-likeness (QED) is 0.524. The zero-order valence-corrected chi connectivity index (χ0v) is 6.90. The van der Waals surface area contributed by atoms with Gasteiger partial charge in [0, 0.05) is 6.04 Å². The van der Waals surface area contributed by atoms with E-state index >= 15 is 0 Å². The Hall–Kier alpha value is -0.0400. The minimum atomic E-state index is 0.166. The molecular formula is C9H18N. The fourth-order valence-corrected chi connectivity index (χ4v) is 1.29. The second kappa shape index (κ2) is 3.97. The maximum absolute atomic E-state index is 7.28. The fourth-order valence-electron chi connectivity index (χ4n) is 1.29. The monoisotopic (exact) mass is 140 g/mol. The molecule has 1 rings (SSSR count). The highest BCUT2D eigenvalue weighted by Gasteiger charge is 2.19. The van der Waals surface area contributed by atoms with Gasteiger partial charge in [-0.1, -0.05) is 32.1 Å². The first-order chi connectivity index (χ1) is 4.79. The highest BCUT2D eigenvalue weighted by atomic mass is 14.6. The van der Waals surface area contributed by atoms with E-state index in [1.807, 2.05) is 6.92 Å². The van der Waals surface area contributed by atoms with Gasteiger partial charge in [-0.05, 0) is 19.3 Å². The Balaban J connectivity index is 1.76. The van der Waals surface area contributed by atoms with E-state index in [2.05, 4.69) is 0 Å². The third-order valence-electron chi connectivity index (χ3n) is 2.20. The minimum absolute atomic E-state index is 0.166. The molecule has 1 aliphatic rings. The Morgan fingerprint density at radius 2 is 2.10 bits per heavy atom. The highest BCUT2D eigenvalue weighted by molar-refractivity contribution is 4.72. The van der Waals surface area contributed by atoms with Crippen molar-refractivity contribution < 1.29 is 0 Å². The Morgan fingerprint density at radius 1 is 1.40 bits per heavy atom. The molecule has 59 valence electrons. The number of hydrogen-bond acceptors (Lipinski definition) is 0. The molecule has 0 aromatic carbocycles. The third-order valence-corrected chi connectivity index (χ3v) is 2.20. The third kappa shape index (κ3) is 3.89. The highest BCUT2D eigenvalue weighted by Crippen LogP contribution is 2.33. The molecular weight excluding hydrogens is 122 g/mol. The van der Waals surface area contributed by atoms with E-state index in [-0.39, 0.29) is 6.04 Å². The van der Waals surface area contributed by atoms with Crippen molar-refractivity contribution in [2.24, 2.45) is 5.92 Å². The maximum Gasteiger partial charge on any atom is 0.0184 e.